The monoisotopic (exact) mass is 316 g/mol. The first kappa shape index (κ1) is 16.7. The van der Waals surface area contributed by atoms with E-state index in [2.05, 4.69) is 16.2 Å². The number of alkyl halides is 1. The number of methoxy groups -OCH3 is 1. The number of aromatic nitrogens is 1. The zero-order valence-electron chi connectivity index (χ0n) is 12.9. The van der Waals surface area contributed by atoms with Crippen LogP contribution in [0.2, 0.25) is 0 Å². The largest absolute Gasteiger partial charge is 0.455 e. The van der Waals surface area contributed by atoms with Crippen LogP contribution < -0.4 is 10.1 Å². The first-order valence-electron chi connectivity index (χ1n) is 6.99. The van der Waals surface area contributed by atoms with Crippen LogP contribution in [0, 0.1) is 19.3 Å². The number of benzene rings is 1. The van der Waals surface area contributed by atoms with Crippen LogP contribution in [0.3, 0.4) is 0 Å². The Morgan fingerprint density at radius 1 is 1.48 bits per heavy atom. The van der Waals surface area contributed by atoms with E-state index in [-0.39, 0.29) is 6.54 Å². The van der Waals surface area contributed by atoms with Crippen LogP contribution in [0.15, 0.2) is 24.4 Å². The van der Waals surface area contributed by atoms with Gasteiger partial charge in [0.2, 0.25) is 0 Å². The Bertz CT molecular complexity index is 755. The number of ether oxygens (including phenoxy) is 2. The van der Waals surface area contributed by atoms with Crippen molar-refractivity contribution in [3.8, 4) is 18.1 Å². The summed E-state index contributed by atoms with van der Waals surface area (Å²) in [5, 5.41) is 3.17. The predicted molar refractivity (Wildman–Crippen MR) is 84.8 cm³/mol. The van der Waals surface area contributed by atoms with Gasteiger partial charge in [0.05, 0.1) is 5.52 Å². The first-order chi connectivity index (χ1) is 11.1. The number of nitrogens with zero attached hydrogens (tertiary/aromatic N) is 1. The van der Waals surface area contributed by atoms with Crippen LogP contribution >= 0.6 is 0 Å². The number of pyridine rings is 1. The van der Waals surface area contributed by atoms with Crippen molar-refractivity contribution in [2.45, 2.75) is 13.2 Å². The molecule has 1 atom stereocenters. The molecule has 120 valence electrons. The highest BCUT2D eigenvalue weighted by Crippen LogP contribution is 2.25. The molecule has 0 spiro atoms. The molecule has 0 fully saturated rings. The van der Waals surface area contributed by atoms with Crippen molar-refractivity contribution in [1.29, 1.82) is 0 Å². The van der Waals surface area contributed by atoms with Gasteiger partial charge < -0.3 is 14.8 Å². The van der Waals surface area contributed by atoms with Gasteiger partial charge in [-0.15, -0.1) is 6.42 Å². The molecule has 1 unspecified atom stereocenters. The molecule has 1 heterocycles. The van der Waals surface area contributed by atoms with Gasteiger partial charge in [-0.2, -0.15) is 0 Å². The Hall–Kier alpha value is -2.65. The van der Waals surface area contributed by atoms with Gasteiger partial charge in [0, 0.05) is 30.8 Å². The summed E-state index contributed by atoms with van der Waals surface area (Å²) in [7, 11) is 1.34. The number of rotatable bonds is 6. The molecule has 1 amide bonds. The van der Waals surface area contributed by atoms with Crippen molar-refractivity contribution in [2.24, 2.45) is 0 Å². The molecule has 0 radical (unpaired) electrons. The van der Waals surface area contributed by atoms with Gasteiger partial charge in [-0.25, -0.2) is 4.39 Å². The number of halogens is 1. The van der Waals surface area contributed by atoms with E-state index in [1.807, 2.05) is 13.0 Å². The zero-order valence-corrected chi connectivity index (χ0v) is 12.9. The second kappa shape index (κ2) is 7.56. The highest BCUT2D eigenvalue weighted by Gasteiger charge is 2.19. The molecular formula is C17H17FN2O3. The van der Waals surface area contributed by atoms with Crippen LogP contribution in [0.4, 0.5) is 4.39 Å². The van der Waals surface area contributed by atoms with E-state index in [0.717, 1.165) is 16.5 Å². The average molecular weight is 316 g/mol. The molecule has 6 heteroatoms. The topological polar surface area (TPSA) is 60.5 Å². The molecule has 0 aliphatic rings. The molecular weight excluding hydrogens is 299 g/mol. The van der Waals surface area contributed by atoms with Gasteiger partial charge >= 0.3 is 0 Å². The predicted octanol–water partition coefficient (Wildman–Crippen LogP) is 1.96. The molecule has 1 aromatic carbocycles. The molecule has 1 N–H and O–H groups in total. The normalized spacial score (nSPS) is 11.7. The average Bonchev–Trinajstić information content (AvgIpc) is 2.56. The van der Waals surface area contributed by atoms with E-state index < -0.39 is 18.9 Å². The smallest absolute Gasteiger partial charge is 0.289 e. The lowest BCUT2D eigenvalue weighted by Crippen LogP contribution is -2.40. The van der Waals surface area contributed by atoms with Gasteiger partial charge in [0.25, 0.3) is 12.2 Å². The Morgan fingerprint density at radius 2 is 2.26 bits per heavy atom. The van der Waals surface area contributed by atoms with Crippen LogP contribution in [-0.2, 0) is 9.53 Å². The standard InChI is InChI=1S/C17H17FN2O3/c1-4-12-8-13-9-14(7-11(2)15(13)20-10-12)23-17(22-3)16(21)19-6-5-18/h1,7-10,17H,5-6H2,2-3H3,(H,19,21). The van der Waals surface area contributed by atoms with Crippen LogP contribution in [0.1, 0.15) is 11.1 Å². The number of fused-ring (bicyclic) bond motifs is 1. The summed E-state index contributed by atoms with van der Waals surface area (Å²) in [6, 6.07) is 5.29. The van der Waals surface area contributed by atoms with Gasteiger partial charge in [-0.1, -0.05) is 5.92 Å². The van der Waals surface area contributed by atoms with Crippen molar-refractivity contribution in [1.82, 2.24) is 10.3 Å². The summed E-state index contributed by atoms with van der Waals surface area (Å²) < 4.78 is 22.7. The van der Waals surface area contributed by atoms with E-state index in [0.29, 0.717) is 11.3 Å². The summed E-state index contributed by atoms with van der Waals surface area (Å²) >= 11 is 0. The second-order valence-electron chi connectivity index (χ2n) is 4.85. The van der Waals surface area contributed by atoms with E-state index >= 15 is 0 Å². The lowest BCUT2D eigenvalue weighted by atomic mass is 10.1. The molecule has 0 saturated carbocycles. The highest BCUT2D eigenvalue weighted by molar-refractivity contribution is 5.85. The summed E-state index contributed by atoms with van der Waals surface area (Å²) in [5.74, 6) is 2.42. The van der Waals surface area contributed by atoms with Gasteiger partial charge in [0.1, 0.15) is 12.4 Å². The van der Waals surface area contributed by atoms with Gasteiger partial charge in [-0.3, -0.25) is 9.78 Å². The van der Waals surface area contributed by atoms with Crippen LogP contribution in [-0.4, -0.2) is 37.5 Å². The maximum Gasteiger partial charge on any atom is 0.289 e. The zero-order chi connectivity index (χ0) is 16.8. The molecule has 2 aromatic rings. The van der Waals surface area contributed by atoms with E-state index in [1.54, 1.807) is 18.3 Å². The number of amides is 1. The Morgan fingerprint density at radius 3 is 2.91 bits per heavy atom. The summed E-state index contributed by atoms with van der Waals surface area (Å²) in [6.45, 7) is 1.13. The van der Waals surface area contributed by atoms with Crippen molar-refractivity contribution in [3.63, 3.8) is 0 Å². The fourth-order valence-corrected chi connectivity index (χ4v) is 2.13. The maximum atomic E-state index is 12.1. The quantitative estimate of drug-likeness (QED) is 0.654. The number of terminal acetylenes is 1. The minimum absolute atomic E-state index is 0.0890. The van der Waals surface area contributed by atoms with Gasteiger partial charge in [-0.05, 0) is 30.7 Å². The van der Waals surface area contributed by atoms with Crippen molar-refractivity contribution in [2.75, 3.05) is 20.3 Å². The van der Waals surface area contributed by atoms with E-state index in [1.165, 1.54) is 7.11 Å². The van der Waals surface area contributed by atoms with Gasteiger partial charge in [0.15, 0.2) is 0 Å². The summed E-state index contributed by atoms with van der Waals surface area (Å²) in [6.07, 6.45) is 5.84. The van der Waals surface area contributed by atoms with Crippen LogP contribution in [0.5, 0.6) is 5.75 Å². The van der Waals surface area contributed by atoms with Crippen LogP contribution in [0.25, 0.3) is 10.9 Å². The number of nitrogens with one attached hydrogen (secondary N) is 1. The fraction of sp³-hybridized carbons (Fsp3) is 0.294. The third-order valence-corrected chi connectivity index (χ3v) is 3.18. The van der Waals surface area contributed by atoms with E-state index in [9.17, 15) is 9.18 Å². The SMILES string of the molecule is C#Cc1cnc2c(C)cc(OC(OC)C(=O)NCCF)cc2c1. The number of aryl methyl sites for hydroxylation is 1. The lowest BCUT2D eigenvalue weighted by Gasteiger charge is -2.17. The number of carbonyl (C=O) groups excluding carboxylic acids is 1. The molecule has 23 heavy (non-hydrogen) atoms. The number of hydrogen-bond acceptors (Lipinski definition) is 4. The number of carbonyl (C=O) groups is 1. The Balaban J connectivity index is 2.28. The third kappa shape index (κ3) is 3.96. The molecule has 0 bridgehead atoms. The minimum Gasteiger partial charge on any atom is -0.455 e. The summed E-state index contributed by atoms with van der Waals surface area (Å²) in [5.41, 5.74) is 2.32. The molecule has 5 nitrogen and oxygen atoms in total. The Labute approximate surface area is 133 Å². The van der Waals surface area contributed by atoms with Crippen molar-refractivity contribution >= 4 is 16.8 Å². The van der Waals surface area contributed by atoms with E-state index in [4.69, 9.17) is 15.9 Å². The summed E-state index contributed by atoms with van der Waals surface area (Å²) in [4.78, 5) is 16.1. The third-order valence-electron chi connectivity index (χ3n) is 3.18. The number of hydrogen-bond donors (Lipinski definition) is 1. The molecule has 0 aliphatic carbocycles. The molecule has 2 rings (SSSR count). The highest BCUT2D eigenvalue weighted by atomic mass is 19.1. The molecule has 0 aliphatic heterocycles. The first-order valence-corrected chi connectivity index (χ1v) is 6.99. The lowest BCUT2D eigenvalue weighted by molar-refractivity contribution is -0.148. The second-order valence-corrected chi connectivity index (χ2v) is 4.85. The van der Waals surface area contributed by atoms with Crippen molar-refractivity contribution < 1.29 is 18.7 Å². The molecule has 1 aromatic heterocycles. The maximum absolute atomic E-state index is 12.1. The minimum atomic E-state index is -1.16. The van der Waals surface area contributed by atoms with Crippen molar-refractivity contribution in [3.05, 3.63) is 35.5 Å². The Kier molecular flexibility index (Phi) is 5.50. The molecule has 0 saturated heterocycles. The fourth-order valence-electron chi connectivity index (χ4n) is 2.13.